The molecule has 1 saturated carbocycles. The van der Waals surface area contributed by atoms with Gasteiger partial charge in [-0.25, -0.2) is 0 Å². The maximum absolute atomic E-state index is 6.77. The van der Waals surface area contributed by atoms with Gasteiger partial charge in [0.1, 0.15) is 5.01 Å². The Hall–Kier alpha value is -2.06. The number of hydrazine groups is 1. The van der Waals surface area contributed by atoms with Gasteiger partial charge in [-0.2, -0.15) is 0 Å². The lowest BCUT2D eigenvalue weighted by Crippen LogP contribution is -2.47. The van der Waals surface area contributed by atoms with Crippen molar-refractivity contribution in [2.24, 2.45) is 5.92 Å². The number of anilines is 1. The van der Waals surface area contributed by atoms with Gasteiger partial charge in [-0.05, 0) is 38.0 Å². The first-order chi connectivity index (χ1) is 14.2. The Morgan fingerprint density at radius 3 is 2.86 bits per heavy atom. The van der Waals surface area contributed by atoms with Crippen molar-refractivity contribution in [2.45, 2.75) is 37.2 Å². The number of aryl methyl sites for hydroxylation is 1. The second-order valence-corrected chi connectivity index (χ2v) is 9.21. The number of halogens is 1. The van der Waals surface area contributed by atoms with E-state index in [1.807, 2.05) is 31.2 Å². The van der Waals surface area contributed by atoms with E-state index in [0.717, 1.165) is 52.0 Å². The largest absolute Gasteiger partial charge is 0.356 e. The van der Waals surface area contributed by atoms with Crippen molar-refractivity contribution in [2.75, 3.05) is 11.9 Å². The lowest BCUT2D eigenvalue weighted by atomic mass is 9.82. The molecule has 6 nitrogen and oxygen atoms in total. The van der Waals surface area contributed by atoms with Crippen LogP contribution in [0.1, 0.15) is 18.5 Å². The molecule has 5 rings (SSSR count). The van der Waals surface area contributed by atoms with Crippen molar-refractivity contribution in [3.8, 4) is 21.8 Å². The van der Waals surface area contributed by atoms with E-state index in [-0.39, 0.29) is 11.4 Å². The van der Waals surface area contributed by atoms with Gasteiger partial charge in [0.2, 0.25) is 5.13 Å². The summed E-state index contributed by atoms with van der Waals surface area (Å²) in [6.45, 7) is 2.92. The van der Waals surface area contributed by atoms with E-state index < -0.39 is 0 Å². The molecule has 3 heterocycles. The van der Waals surface area contributed by atoms with Crippen LogP contribution in [0.5, 0.6) is 0 Å². The van der Waals surface area contributed by atoms with Gasteiger partial charge < -0.3 is 5.32 Å². The predicted molar refractivity (Wildman–Crippen MR) is 118 cm³/mol. The summed E-state index contributed by atoms with van der Waals surface area (Å²) in [6.07, 6.45) is 2.13. The number of hydrogen-bond acceptors (Lipinski definition) is 7. The molecule has 4 unspecified atom stereocenters. The molecule has 0 amide bonds. The SMILES string of the molecule is Cc1cccc(-c2cccc(-c3nnc(NC4CCC5NNCC5C4Cl)s3)c2)n1. The number of alkyl halides is 1. The summed E-state index contributed by atoms with van der Waals surface area (Å²) in [4.78, 5) is 4.63. The molecule has 2 aliphatic rings. The highest BCUT2D eigenvalue weighted by Crippen LogP contribution is 2.35. The van der Waals surface area contributed by atoms with Crippen molar-refractivity contribution >= 4 is 28.1 Å². The second kappa shape index (κ2) is 7.99. The average Bonchev–Trinajstić information content (AvgIpc) is 3.40. The third-order valence-corrected chi connectivity index (χ3v) is 7.28. The Morgan fingerprint density at radius 1 is 1.10 bits per heavy atom. The fourth-order valence-electron chi connectivity index (χ4n) is 4.22. The summed E-state index contributed by atoms with van der Waals surface area (Å²) in [7, 11) is 0. The first-order valence-corrected chi connectivity index (χ1v) is 11.2. The Kier molecular flexibility index (Phi) is 5.22. The van der Waals surface area contributed by atoms with Gasteiger partial charge in [-0.15, -0.1) is 21.8 Å². The van der Waals surface area contributed by atoms with Gasteiger partial charge in [0, 0.05) is 41.4 Å². The zero-order chi connectivity index (χ0) is 19.8. The molecule has 2 aromatic heterocycles. The average molecular weight is 427 g/mol. The van der Waals surface area contributed by atoms with Crippen LogP contribution >= 0.6 is 22.9 Å². The molecule has 0 spiro atoms. The first-order valence-electron chi connectivity index (χ1n) is 9.94. The highest BCUT2D eigenvalue weighted by atomic mass is 35.5. The van der Waals surface area contributed by atoms with Crippen LogP contribution in [-0.2, 0) is 0 Å². The maximum atomic E-state index is 6.77. The molecule has 3 N–H and O–H groups in total. The standard InChI is InChI=1S/C21H23ClN6S/c1-12-4-2-7-16(24-12)13-5-3-6-14(10-13)20-27-28-21(29-20)25-18-9-8-17-15(19(18)22)11-23-26-17/h2-7,10,15,17-19,23,26H,8-9,11H2,1H3,(H,25,28). The van der Waals surface area contributed by atoms with Crippen LogP contribution in [0.2, 0.25) is 0 Å². The van der Waals surface area contributed by atoms with Crippen molar-refractivity contribution in [3.05, 3.63) is 48.2 Å². The smallest absolute Gasteiger partial charge is 0.206 e. The lowest BCUT2D eigenvalue weighted by Gasteiger charge is -2.35. The molecule has 29 heavy (non-hydrogen) atoms. The molecule has 4 atom stereocenters. The number of aromatic nitrogens is 3. The molecule has 8 heteroatoms. The number of nitrogens with zero attached hydrogens (tertiary/aromatic N) is 3. The van der Waals surface area contributed by atoms with E-state index in [0.29, 0.717) is 12.0 Å². The molecular formula is C21H23ClN6S. The van der Waals surface area contributed by atoms with E-state index >= 15 is 0 Å². The third kappa shape index (κ3) is 3.88. The summed E-state index contributed by atoms with van der Waals surface area (Å²) in [6, 6.07) is 15.1. The summed E-state index contributed by atoms with van der Waals surface area (Å²) in [5, 5.41) is 14.1. The van der Waals surface area contributed by atoms with Crippen LogP contribution < -0.4 is 16.2 Å². The van der Waals surface area contributed by atoms with Gasteiger partial charge in [-0.1, -0.05) is 35.6 Å². The summed E-state index contributed by atoms with van der Waals surface area (Å²) in [5.41, 5.74) is 10.7. The van der Waals surface area contributed by atoms with Crippen LogP contribution in [0.25, 0.3) is 21.8 Å². The number of pyridine rings is 1. The van der Waals surface area contributed by atoms with Crippen molar-refractivity contribution in [1.29, 1.82) is 0 Å². The van der Waals surface area contributed by atoms with Crippen LogP contribution in [0.3, 0.4) is 0 Å². The van der Waals surface area contributed by atoms with Crippen molar-refractivity contribution in [3.63, 3.8) is 0 Å². The second-order valence-electron chi connectivity index (χ2n) is 7.73. The van der Waals surface area contributed by atoms with Crippen LogP contribution in [0, 0.1) is 12.8 Å². The van der Waals surface area contributed by atoms with Gasteiger partial charge in [-0.3, -0.25) is 15.8 Å². The van der Waals surface area contributed by atoms with E-state index in [1.54, 1.807) is 11.3 Å². The van der Waals surface area contributed by atoms with E-state index in [1.165, 1.54) is 0 Å². The maximum Gasteiger partial charge on any atom is 0.206 e. The van der Waals surface area contributed by atoms with Crippen LogP contribution in [0.4, 0.5) is 5.13 Å². The third-order valence-electron chi connectivity index (χ3n) is 5.75. The fourth-order valence-corrected chi connectivity index (χ4v) is 5.47. The summed E-state index contributed by atoms with van der Waals surface area (Å²) >= 11 is 8.34. The first kappa shape index (κ1) is 18.9. The Balaban J connectivity index is 1.33. The van der Waals surface area contributed by atoms with Crippen LogP contribution in [-0.4, -0.2) is 39.2 Å². The Labute approximate surface area is 179 Å². The molecule has 2 fully saturated rings. The predicted octanol–water partition coefficient (Wildman–Crippen LogP) is 3.85. The zero-order valence-electron chi connectivity index (χ0n) is 16.1. The fraction of sp³-hybridized carbons (Fsp3) is 0.381. The van der Waals surface area contributed by atoms with Gasteiger partial charge in [0.05, 0.1) is 11.1 Å². The molecule has 0 bridgehead atoms. The highest BCUT2D eigenvalue weighted by molar-refractivity contribution is 7.18. The van der Waals surface area contributed by atoms with Gasteiger partial charge in [0.15, 0.2) is 0 Å². The molecule has 1 aromatic carbocycles. The zero-order valence-corrected chi connectivity index (χ0v) is 17.7. The highest BCUT2D eigenvalue weighted by Gasteiger charge is 2.41. The molecule has 1 aliphatic carbocycles. The topological polar surface area (TPSA) is 74.8 Å². The quantitative estimate of drug-likeness (QED) is 0.550. The minimum Gasteiger partial charge on any atom is -0.356 e. The molecule has 1 saturated heterocycles. The van der Waals surface area contributed by atoms with Crippen LogP contribution in [0.15, 0.2) is 42.5 Å². The number of hydrogen-bond donors (Lipinski definition) is 3. The molecule has 150 valence electrons. The Morgan fingerprint density at radius 2 is 1.97 bits per heavy atom. The number of benzene rings is 1. The molecule has 3 aromatic rings. The summed E-state index contributed by atoms with van der Waals surface area (Å²) < 4.78 is 0. The van der Waals surface area contributed by atoms with Crippen molar-refractivity contribution < 1.29 is 0 Å². The number of nitrogens with one attached hydrogen (secondary N) is 3. The van der Waals surface area contributed by atoms with E-state index in [2.05, 4.69) is 49.5 Å². The molecule has 0 radical (unpaired) electrons. The minimum atomic E-state index is 0.0688. The summed E-state index contributed by atoms with van der Waals surface area (Å²) in [5.74, 6) is 0.439. The normalized spacial score (nSPS) is 26.3. The van der Waals surface area contributed by atoms with Gasteiger partial charge >= 0.3 is 0 Å². The monoisotopic (exact) mass is 426 g/mol. The van der Waals surface area contributed by atoms with E-state index in [4.69, 9.17) is 11.6 Å². The van der Waals surface area contributed by atoms with Gasteiger partial charge in [0.25, 0.3) is 0 Å². The molecule has 1 aliphatic heterocycles. The number of fused-ring (bicyclic) bond motifs is 1. The van der Waals surface area contributed by atoms with Crippen molar-refractivity contribution in [1.82, 2.24) is 26.0 Å². The lowest BCUT2D eigenvalue weighted by molar-refractivity contribution is 0.320. The van der Waals surface area contributed by atoms with E-state index in [9.17, 15) is 0 Å². The number of rotatable bonds is 4. The minimum absolute atomic E-state index is 0.0688. The Bertz CT molecular complexity index is 1010. The molecular weight excluding hydrogens is 404 g/mol.